The van der Waals surface area contributed by atoms with Crippen LogP contribution in [0.1, 0.15) is 33.5 Å². The molecule has 0 radical (unpaired) electrons. The predicted molar refractivity (Wildman–Crippen MR) is 95.9 cm³/mol. The third kappa shape index (κ3) is 5.73. The zero-order valence-electron chi connectivity index (χ0n) is 15.4. The lowest BCUT2D eigenvalue weighted by Crippen LogP contribution is -2.23. The van der Waals surface area contributed by atoms with Crippen LogP contribution in [0.4, 0.5) is 13.2 Å². The third-order valence-electron chi connectivity index (χ3n) is 4.09. The molecule has 2 rings (SSSR count). The van der Waals surface area contributed by atoms with Crippen molar-refractivity contribution in [1.82, 2.24) is 5.32 Å². The number of benzene rings is 2. The Balaban J connectivity index is 2.06. The van der Waals surface area contributed by atoms with Crippen molar-refractivity contribution >= 4 is 11.9 Å². The summed E-state index contributed by atoms with van der Waals surface area (Å²) in [5.74, 6) is -0.437. The van der Waals surface area contributed by atoms with Crippen LogP contribution < -0.4 is 10.1 Å². The summed E-state index contributed by atoms with van der Waals surface area (Å²) in [6.07, 6.45) is -3.83. The van der Waals surface area contributed by atoms with Crippen LogP contribution in [0.25, 0.3) is 0 Å². The molecule has 1 amide bonds. The zero-order chi connectivity index (χ0) is 20.7. The van der Waals surface area contributed by atoms with E-state index in [2.05, 4.69) is 10.1 Å². The molecule has 150 valence electrons. The monoisotopic (exact) mass is 395 g/mol. The first-order valence-corrected chi connectivity index (χ1v) is 8.42. The van der Waals surface area contributed by atoms with E-state index in [-0.39, 0.29) is 24.5 Å². The first-order valence-electron chi connectivity index (χ1n) is 8.42. The number of rotatable bonds is 7. The maximum Gasteiger partial charge on any atom is 0.416 e. The summed E-state index contributed by atoms with van der Waals surface area (Å²) in [7, 11) is 2.73. The largest absolute Gasteiger partial charge is 0.496 e. The minimum Gasteiger partial charge on any atom is -0.496 e. The molecule has 0 saturated heterocycles. The summed E-state index contributed by atoms with van der Waals surface area (Å²) in [5, 5.41) is 2.66. The first kappa shape index (κ1) is 21.3. The summed E-state index contributed by atoms with van der Waals surface area (Å²) in [6, 6.07) is 9.54. The molecule has 0 aliphatic rings. The van der Waals surface area contributed by atoms with E-state index in [4.69, 9.17) is 4.74 Å². The molecule has 1 N–H and O–H groups in total. The van der Waals surface area contributed by atoms with Gasteiger partial charge in [0.15, 0.2) is 0 Å². The van der Waals surface area contributed by atoms with Gasteiger partial charge in [-0.05, 0) is 41.8 Å². The highest BCUT2D eigenvalue weighted by Crippen LogP contribution is 2.29. The number of methoxy groups -OCH3 is 2. The molecule has 0 saturated carbocycles. The van der Waals surface area contributed by atoms with Gasteiger partial charge in [0.05, 0.1) is 25.3 Å². The van der Waals surface area contributed by atoms with Crippen LogP contribution in [0.2, 0.25) is 0 Å². The SMILES string of the molecule is COC(=O)CCc1ccc(OC)c(C(=O)NCc2ccc(C(F)(F)F)cc2)c1. The molecule has 0 spiro atoms. The average Bonchev–Trinajstić information content (AvgIpc) is 2.69. The summed E-state index contributed by atoms with van der Waals surface area (Å²) in [5.41, 5.74) is 0.812. The quantitative estimate of drug-likeness (QED) is 0.726. The van der Waals surface area contributed by atoms with Crippen LogP contribution in [0.15, 0.2) is 42.5 Å². The molecule has 0 aromatic heterocycles. The topological polar surface area (TPSA) is 64.6 Å². The van der Waals surface area contributed by atoms with E-state index in [1.807, 2.05) is 0 Å². The molecule has 0 heterocycles. The minimum absolute atomic E-state index is 0.0620. The Morgan fingerprint density at radius 1 is 1.00 bits per heavy atom. The van der Waals surface area contributed by atoms with E-state index >= 15 is 0 Å². The van der Waals surface area contributed by atoms with Crippen molar-refractivity contribution in [3.8, 4) is 5.75 Å². The Bertz CT molecular complexity index is 832. The van der Waals surface area contributed by atoms with E-state index in [0.29, 0.717) is 17.7 Å². The molecule has 0 aliphatic carbocycles. The molecule has 28 heavy (non-hydrogen) atoms. The second kappa shape index (κ2) is 9.25. The number of nitrogens with one attached hydrogen (secondary N) is 1. The van der Waals surface area contributed by atoms with Crippen LogP contribution in [0.5, 0.6) is 5.75 Å². The van der Waals surface area contributed by atoms with Crippen molar-refractivity contribution < 1.29 is 32.2 Å². The predicted octanol–water partition coefficient (Wildman–Crippen LogP) is 3.75. The van der Waals surface area contributed by atoms with Gasteiger partial charge in [0.25, 0.3) is 5.91 Å². The average molecular weight is 395 g/mol. The van der Waals surface area contributed by atoms with Crippen LogP contribution in [0, 0.1) is 0 Å². The number of hydrogen-bond acceptors (Lipinski definition) is 4. The Labute approximate surface area is 160 Å². The van der Waals surface area contributed by atoms with Crippen molar-refractivity contribution in [3.05, 3.63) is 64.7 Å². The van der Waals surface area contributed by atoms with Gasteiger partial charge in [-0.25, -0.2) is 0 Å². The number of hydrogen-bond donors (Lipinski definition) is 1. The maximum atomic E-state index is 12.6. The van der Waals surface area contributed by atoms with Crippen LogP contribution in [0.3, 0.4) is 0 Å². The number of ether oxygens (including phenoxy) is 2. The highest BCUT2D eigenvalue weighted by molar-refractivity contribution is 5.97. The first-order chi connectivity index (χ1) is 13.2. The highest BCUT2D eigenvalue weighted by atomic mass is 19.4. The summed E-state index contributed by atoms with van der Waals surface area (Å²) in [4.78, 5) is 23.8. The number of aryl methyl sites for hydroxylation is 1. The molecule has 0 unspecified atom stereocenters. The number of halogens is 3. The van der Waals surface area contributed by atoms with E-state index < -0.39 is 17.6 Å². The van der Waals surface area contributed by atoms with Gasteiger partial charge >= 0.3 is 12.1 Å². The van der Waals surface area contributed by atoms with E-state index in [0.717, 1.165) is 17.7 Å². The van der Waals surface area contributed by atoms with Crippen molar-refractivity contribution in [2.24, 2.45) is 0 Å². The lowest BCUT2D eigenvalue weighted by molar-refractivity contribution is -0.140. The van der Waals surface area contributed by atoms with Crippen LogP contribution >= 0.6 is 0 Å². The van der Waals surface area contributed by atoms with Gasteiger partial charge in [-0.1, -0.05) is 18.2 Å². The number of carbonyl (C=O) groups is 2. The van der Waals surface area contributed by atoms with Gasteiger partial charge in [0, 0.05) is 13.0 Å². The summed E-state index contributed by atoms with van der Waals surface area (Å²) in [6.45, 7) is 0.0620. The standard InChI is InChI=1S/C20H20F3NO4/c1-27-17-9-5-13(6-10-18(25)28-2)11-16(17)19(26)24-12-14-3-7-15(8-4-14)20(21,22)23/h3-5,7-9,11H,6,10,12H2,1-2H3,(H,24,26). The van der Waals surface area contributed by atoms with Crippen LogP contribution in [-0.4, -0.2) is 26.1 Å². The lowest BCUT2D eigenvalue weighted by atomic mass is 10.0. The molecule has 0 fully saturated rings. The minimum atomic E-state index is -4.40. The van der Waals surface area contributed by atoms with Crippen molar-refractivity contribution in [2.75, 3.05) is 14.2 Å². The van der Waals surface area contributed by atoms with Gasteiger partial charge < -0.3 is 14.8 Å². The number of esters is 1. The van der Waals surface area contributed by atoms with Gasteiger partial charge in [-0.15, -0.1) is 0 Å². The molecule has 2 aromatic carbocycles. The van der Waals surface area contributed by atoms with Gasteiger partial charge in [-0.2, -0.15) is 13.2 Å². The van der Waals surface area contributed by atoms with Gasteiger partial charge in [-0.3, -0.25) is 9.59 Å². The Kier molecular flexibility index (Phi) is 7.03. The Hall–Kier alpha value is -3.03. The molecule has 0 bridgehead atoms. The molecule has 5 nitrogen and oxygen atoms in total. The van der Waals surface area contributed by atoms with Gasteiger partial charge in [0.1, 0.15) is 5.75 Å². The third-order valence-corrected chi connectivity index (χ3v) is 4.09. The fourth-order valence-electron chi connectivity index (χ4n) is 2.53. The zero-order valence-corrected chi connectivity index (χ0v) is 15.4. The smallest absolute Gasteiger partial charge is 0.416 e. The number of alkyl halides is 3. The molecule has 2 aromatic rings. The second-order valence-electron chi connectivity index (χ2n) is 5.99. The fraction of sp³-hybridized carbons (Fsp3) is 0.300. The Morgan fingerprint density at radius 2 is 1.64 bits per heavy atom. The molecular weight excluding hydrogens is 375 g/mol. The van der Waals surface area contributed by atoms with Crippen molar-refractivity contribution in [3.63, 3.8) is 0 Å². The number of amides is 1. The summed E-state index contributed by atoms with van der Waals surface area (Å²) < 4.78 is 47.6. The second-order valence-corrected chi connectivity index (χ2v) is 5.99. The molecule has 8 heteroatoms. The van der Waals surface area contributed by atoms with Crippen molar-refractivity contribution in [2.45, 2.75) is 25.6 Å². The number of carbonyl (C=O) groups excluding carboxylic acids is 2. The van der Waals surface area contributed by atoms with Gasteiger partial charge in [0.2, 0.25) is 0 Å². The van der Waals surface area contributed by atoms with Crippen molar-refractivity contribution in [1.29, 1.82) is 0 Å². The maximum absolute atomic E-state index is 12.6. The van der Waals surface area contributed by atoms with E-state index in [1.165, 1.54) is 26.4 Å². The molecular formula is C20H20F3NO4. The summed E-state index contributed by atoms with van der Waals surface area (Å²) >= 11 is 0. The van der Waals surface area contributed by atoms with E-state index in [1.54, 1.807) is 18.2 Å². The van der Waals surface area contributed by atoms with Crippen LogP contribution in [-0.2, 0) is 28.7 Å². The normalized spacial score (nSPS) is 11.0. The van der Waals surface area contributed by atoms with E-state index in [9.17, 15) is 22.8 Å². The highest BCUT2D eigenvalue weighted by Gasteiger charge is 2.29. The molecule has 0 atom stereocenters. The Morgan fingerprint density at radius 3 is 2.21 bits per heavy atom. The lowest BCUT2D eigenvalue weighted by Gasteiger charge is -2.12. The fourth-order valence-corrected chi connectivity index (χ4v) is 2.53. The molecule has 0 aliphatic heterocycles.